The SMILES string of the molecule is CC(CS(=O)(=O)c1ccccc1)(C1CC(O)C1)C(F)(F)F. The van der Waals surface area contributed by atoms with E-state index in [0.29, 0.717) is 0 Å². The van der Waals surface area contributed by atoms with E-state index in [-0.39, 0.29) is 17.7 Å². The van der Waals surface area contributed by atoms with Crippen molar-refractivity contribution in [2.75, 3.05) is 5.75 Å². The summed E-state index contributed by atoms with van der Waals surface area (Å²) in [7, 11) is -4.04. The third kappa shape index (κ3) is 3.08. The number of halogens is 3. The zero-order valence-electron chi connectivity index (χ0n) is 11.5. The molecule has 1 atom stereocenters. The van der Waals surface area contributed by atoms with Crippen molar-refractivity contribution < 1.29 is 26.7 Å². The van der Waals surface area contributed by atoms with Gasteiger partial charge in [0.25, 0.3) is 0 Å². The summed E-state index contributed by atoms with van der Waals surface area (Å²) < 4.78 is 64.7. The molecule has 7 heteroatoms. The van der Waals surface area contributed by atoms with Gasteiger partial charge in [0, 0.05) is 0 Å². The van der Waals surface area contributed by atoms with Crippen LogP contribution < -0.4 is 0 Å². The highest BCUT2D eigenvalue weighted by atomic mass is 32.2. The Morgan fingerprint density at radius 2 is 1.71 bits per heavy atom. The first-order chi connectivity index (χ1) is 9.56. The number of sulfone groups is 1. The minimum absolute atomic E-state index is 0.0136. The predicted molar refractivity (Wildman–Crippen MR) is 71.4 cm³/mol. The van der Waals surface area contributed by atoms with E-state index < -0.39 is 39.2 Å². The first-order valence-electron chi connectivity index (χ1n) is 6.59. The molecule has 1 saturated carbocycles. The van der Waals surface area contributed by atoms with Crippen LogP contribution in [0.3, 0.4) is 0 Å². The van der Waals surface area contributed by atoms with Gasteiger partial charge >= 0.3 is 6.18 Å². The van der Waals surface area contributed by atoms with E-state index in [1.807, 2.05) is 0 Å². The molecule has 0 saturated heterocycles. The monoisotopic (exact) mass is 322 g/mol. The third-order valence-corrected chi connectivity index (χ3v) is 6.22. The van der Waals surface area contributed by atoms with Crippen molar-refractivity contribution in [2.24, 2.45) is 11.3 Å². The summed E-state index contributed by atoms with van der Waals surface area (Å²) in [6.07, 6.45) is -5.43. The minimum Gasteiger partial charge on any atom is -0.393 e. The topological polar surface area (TPSA) is 54.4 Å². The van der Waals surface area contributed by atoms with Crippen LogP contribution in [0.5, 0.6) is 0 Å². The molecule has 21 heavy (non-hydrogen) atoms. The first kappa shape index (κ1) is 16.3. The highest BCUT2D eigenvalue weighted by Gasteiger charge is 2.60. The van der Waals surface area contributed by atoms with E-state index in [0.717, 1.165) is 6.92 Å². The van der Waals surface area contributed by atoms with Gasteiger partial charge in [-0.25, -0.2) is 8.42 Å². The molecule has 0 radical (unpaired) electrons. The van der Waals surface area contributed by atoms with E-state index in [1.165, 1.54) is 24.3 Å². The van der Waals surface area contributed by atoms with E-state index >= 15 is 0 Å². The molecule has 1 unspecified atom stereocenters. The number of rotatable bonds is 4. The summed E-state index contributed by atoms with van der Waals surface area (Å²) in [5.74, 6) is -1.86. The second-order valence-electron chi connectivity index (χ2n) is 5.81. The molecule has 1 fully saturated rings. The molecule has 1 N–H and O–H groups in total. The Kier molecular flexibility index (Phi) is 4.10. The summed E-state index contributed by atoms with van der Waals surface area (Å²) in [6, 6.07) is 7.14. The van der Waals surface area contributed by atoms with E-state index in [9.17, 15) is 26.7 Å². The number of aliphatic hydroxyl groups excluding tert-OH is 1. The minimum atomic E-state index is -4.64. The van der Waals surface area contributed by atoms with Crippen molar-refractivity contribution in [2.45, 2.75) is 36.9 Å². The maximum absolute atomic E-state index is 13.4. The van der Waals surface area contributed by atoms with Gasteiger partial charge in [-0.05, 0) is 37.8 Å². The largest absolute Gasteiger partial charge is 0.395 e. The summed E-state index contributed by atoms with van der Waals surface area (Å²) in [5, 5.41) is 9.25. The Morgan fingerprint density at radius 3 is 2.14 bits per heavy atom. The van der Waals surface area contributed by atoms with Crippen LogP contribution in [0.15, 0.2) is 35.2 Å². The van der Waals surface area contributed by atoms with Crippen LogP contribution >= 0.6 is 0 Å². The molecule has 0 aromatic heterocycles. The van der Waals surface area contributed by atoms with Gasteiger partial charge in [-0.1, -0.05) is 18.2 Å². The van der Waals surface area contributed by atoms with Crippen LogP contribution in [-0.4, -0.2) is 31.6 Å². The fraction of sp³-hybridized carbons (Fsp3) is 0.571. The summed E-state index contributed by atoms with van der Waals surface area (Å²) in [4.78, 5) is -0.111. The van der Waals surface area contributed by atoms with E-state index in [1.54, 1.807) is 6.07 Å². The molecule has 0 bridgehead atoms. The lowest BCUT2D eigenvalue weighted by Crippen LogP contribution is -2.52. The van der Waals surface area contributed by atoms with Crippen molar-refractivity contribution >= 4 is 9.84 Å². The lowest BCUT2D eigenvalue weighted by molar-refractivity contribution is -0.244. The molecule has 2 rings (SSSR count). The quantitative estimate of drug-likeness (QED) is 0.927. The van der Waals surface area contributed by atoms with Crippen LogP contribution in [0.4, 0.5) is 13.2 Å². The zero-order valence-corrected chi connectivity index (χ0v) is 12.3. The van der Waals surface area contributed by atoms with Gasteiger partial charge in [0.2, 0.25) is 0 Å². The molecule has 0 amide bonds. The molecular weight excluding hydrogens is 305 g/mol. The maximum atomic E-state index is 13.4. The lowest BCUT2D eigenvalue weighted by Gasteiger charge is -2.45. The van der Waals surface area contributed by atoms with Crippen LogP contribution in [0.25, 0.3) is 0 Å². The smallest absolute Gasteiger partial charge is 0.393 e. The molecule has 1 aromatic rings. The van der Waals surface area contributed by atoms with Gasteiger partial charge in [0.15, 0.2) is 9.84 Å². The Labute approximate surface area is 121 Å². The number of benzene rings is 1. The van der Waals surface area contributed by atoms with Crippen molar-refractivity contribution in [3.63, 3.8) is 0 Å². The van der Waals surface area contributed by atoms with Gasteiger partial charge in [-0.2, -0.15) is 13.2 Å². The Morgan fingerprint density at radius 1 is 1.19 bits per heavy atom. The average Bonchev–Trinajstić information content (AvgIpc) is 2.34. The predicted octanol–water partition coefficient (Wildman–Crippen LogP) is 2.80. The van der Waals surface area contributed by atoms with Gasteiger partial charge in [-0.3, -0.25) is 0 Å². The molecule has 1 aliphatic carbocycles. The maximum Gasteiger partial charge on any atom is 0.395 e. The highest BCUT2D eigenvalue weighted by molar-refractivity contribution is 7.91. The van der Waals surface area contributed by atoms with E-state index in [2.05, 4.69) is 0 Å². The van der Waals surface area contributed by atoms with Crippen LogP contribution in [0, 0.1) is 11.3 Å². The van der Waals surface area contributed by atoms with Crippen molar-refractivity contribution in [1.29, 1.82) is 0 Å². The third-order valence-electron chi connectivity index (χ3n) is 4.25. The van der Waals surface area contributed by atoms with Crippen LogP contribution in [0.2, 0.25) is 0 Å². The molecule has 0 aliphatic heterocycles. The average molecular weight is 322 g/mol. The Balaban J connectivity index is 2.32. The normalized spacial score (nSPS) is 26.0. The van der Waals surface area contributed by atoms with Gasteiger partial charge in [0.05, 0.1) is 22.2 Å². The molecule has 0 heterocycles. The number of hydrogen-bond donors (Lipinski definition) is 1. The fourth-order valence-electron chi connectivity index (χ4n) is 2.65. The number of aliphatic hydroxyl groups is 1. The Bertz CT molecular complexity index is 592. The van der Waals surface area contributed by atoms with Crippen LogP contribution in [-0.2, 0) is 9.84 Å². The van der Waals surface area contributed by atoms with Gasteiger partial charge in [-0.15, -0.1) is 0 Å². The van der Waals surface area contributed by atoms with Crippen molar-refractivity contribution in [3.8, 4) is 0 Å². The number of hydrogen-bond acceptors (Lipinski definition) is 3. The van der Waals surface area contributed by atoms with E-state index in [4.69, 9.17) is 0 Å². The molecule has 0 spiro atoms. The standard InChI is InChI=1S/C14H17F3O3S/c1-13(14(15,16)17,10-7-11(18)8-10)9-21(19,20)12-5-3-2-4-6-12/h2-6,10-11,18H,7-9H2,1H3. The summed E-state index contributed by atoms with van der Waals surface area (Å²) in [5.41, 5.74) is -2.35. The molecule has 1 aromatic carbocycles. The highest BCUT2D eigenvalue weighted by Crippen LogP contribution is 2.52. The number of alkyl halides is 3. The summed E-state index contributed by atoms with van der Waals surface area (Å²) >= 11 is 0. The second-order valence-corrected chi connectivity index (χ2v) is 7.80. The van der Waals surface area contributed by atoms with Crippen molar-refractivity contribution in [1.82, 2.24) is 0 Å². The fourth-order valence-corrected chi connectivity index (χ4v) is 4.57. The molecule has 3 nitrogen and oxygen atoms in total. The first-order valence-corrected chi connectivity index (χ1v) is 8.24. The van der Waals surface area contributed by atoms with Gasteiger partial charge in [0.1, 0.15) is 0 Å². The lowest BCUT2D eigenvalue weighted by atomic mass is 9.65. The molecular formula is C14H17F3O3S. The summed E-state index contributed by atoms with van der Waals surface area (Å²) in [6.45, 7) is 0.935. The Hall–Kier alpha value is -1.08. The van der Waals surface area contributed by atoms with Crippen LogP contribution in [0.1, 0.15) is 19.8 Å². The second kappa shape index (κ2) is 5.28. The molecule has 118 valence electrons. The van der Waals surface area contributed by atoms with Gasteiger partial charge < -0.3 is 5.11 Å². The molecule has 1 aliphatic rings. The van der Waals surface area contributed by atoms with Crippen molar-refractivity contribution in [3.05, 3.63) is 30.3 Å². The zero-order chi connectivity index (χ0) is 15.9.